The van der Waals surface area contributed by atoms with Gasteiger partial charge in [0.2, 0.25) is 5.82 Å². The van der Waals surface area contributed by atoms with E-state index in [4.69, 9.17) is 5.14 Å². The van der Waals surface area contributed by atoms with Crippen molar-refractivity contribution in [3.63, 3.8) is 0 Å². The van der Waals surface area contributed by atoms with Crippen LogP contribution in [0.1, 0.15) is 17.8 Å². The summed E-state index contributed by atoms with van der Waals surface area (Å²) in [5, 5.41) is 5.62. The van der Waals surface area contributed by atoms with E-state index in [9.17, 15) is 21.6 Å². The Morgan fingerprint density at radius 2 is 2.04 bits per heavy atom. The molecule has 0 amide bonds. The lowest BCUT2D eigenvalue weighted by molar-refractivity contribution is -0.0696. The average Bonchev–Trinajstić information content (AvgIpc) is 2.52. The number of anilines is 1. The van der Waals surface area contributed by atoms with Crippen molar-refractivity contribution >= 4 is 26.9 Å². The number of benzene rings is 1. The number of hydrogen-bond donors (Lipinski definition) is 2. The van der Waals surface area contributed by atoms with Gasteiger partial charge in [-0.1, -0.05) is 6.07 Å². The van der Waals surface area contributed by atoms with Crippen molar-refractivity contribution < 1.29 is 21.6 Å². The monoisotopic (exact) mass is 413 g/mol. The van der Waals surface area contributed by atoms with Crippen molar-refractivity contribution in [2.24, 2.45) is 11.1 Å². The normalized spacial score (nSPS) is 15.2. The van der Waals surface area contributed by atoms with Crippen LogP contribution in [-0.4, -0.2) is 44.2 Å². The van der Waals surface area contributed by atoms with Gasteiger partial charge in [0.1, 0.15) is 5.82 Å². The largest absolute Gasteiger partial charge is 0.458 e. The molecule has 150 valence electrons. The summed E-state index contributed by atoms with van der Waals surface area (Å²) in [5.41, 5.74) is 1.44. The van der Waals surface area contributed by atoms with Crippen LogP contribution in [0.5, 0.6) is 0 Å². The fraction of sp³-hybridized carbons (Fsp3) is 0.412. The molecule has 1 aliphatic heterocycles. The van der Waals surface area contributed by atoms with Gasteiger partial charge in [0.15, 0.2) is 0 Å². The predicted molar refractivity (Wildman–Crippen MR) is 98.6 cm³/mol. The molecule has 0 unspecified atom stereocenters. The number of nitrogens with zero attached hydrogens (tertiary/aromatic N) is 3. The summed E-state index contributed by atoms with van der Waals surface area (Å²) < 4.78 is 61.3. The fourth-order valence-corrected chi connectivity index (χ4v) is 3.38. The predicted octanol–water partition coefficient (Wildman–Crippen LogP) is 1.47. The number of hydrogen-bond acceptors (Lipinski definition) is 5. The van der Waals surface area contributed by atoms with Crippen LogP contribution < -0.4 is 14.8 Å². The SMILES string of the molecule is Cc1ccc2c(N3CC(CCNS(N)(=O)=O)C3)nc(C#CC(F)(F)F)nc2c1. The van der Waals surface area contributed by atoms with Gasteiger partial charge in [0.25, 0.3) is 10.2 Å². The van der Waals surface area contributed by atoms with Crippen molar-refractivity contribution in [2.45, 2.75) is 19.5 Å². The summed E-state index contributed by atoms with van der Waals surface area (Å²) in [7, 11) is -3.72. The standard InChI is InChI=1S/C17H18F3N5O2S/c1-11-2-3-13-14(8-11)23-15(4-6-17(18,19)20)24-16(13)25-9-12(10-25)5-7-22-28(21,26)27/h2-3,8,12,22H,5,7,9-10H2,1H3,(H2,21,26,27). The van der Waals surface area contributed by atoms with Gasteiger partial charge in [0.05, 0.1) is 5.52 Å². The van der Waals surface area contributed by atoms with Gasteiger partial charge >= 0.3 is 6.18 Å². The topological polar surface area (TPSA) is 101 Å². The number of aryl methyl sites for hydroxylation is 1. The van der Waals surface area contributed by atoms with Crippen molar-refractivity contribution in [1.29, 1.82) is 0 Å². The van der Waals surface area contributed by atoms with Gasteiger partial charge in [0, 0.05) is 30.9 Å². The Kier molecular flexibility index (Phi) is 5.47. The first-order valence-electron chi connectivity index (χ1n) is 8.41. The summed E-state index contributed by atoms with van der Waals surface area (Å²) >= 11 is 0. The van der Waals surface area contributed by atoms with Gasteiger partial charge in [-0.25, -0.2) is 19.8 Å². The molecule has 28 heavy (non-hydrogen) atoms. The van der Waals surface area contributed by atoms with E-state index in [1.807, 2.05) is 29.9 Å². The van der Waals surface area contributed by atoms with E-state index in [1.165, 1.54) is 5.92 Å². The summed E-state index contributed by atoms with van der Waals surface area (Å²) in [6, 6.07) is 5.48. The highest BCUT2D eigenvalue weighted by Gasteiger charge is 2.29. The van der Waals surface area contributed by atoms with E-state index in [0.717, 1.165) is 10.9 Å². The zero-order valence-electron chi connectivity index (χ0n) is 14.9. The summed E-state index contributed by atoms with van der Waals surface area (Å²) in [6.45, 7) is 3.28. The van der Waals surface area contributed by atoms with Crippen LogP contribution in [0.25, 0.3) is 10.9 Å². The van der Waals surface area contributed by atoms with E-state index >= 15 is 0 Å². The third kappa shape index (κ3) is 5.31. The van der Waals surface area contributed by atoms with Crippen molar-refractivity contribution in [1.82, 2.24) is 14.7 Å². The van der Waals surface area contributed by atoms with E-state index in [-0.39, 0.29) is 18.3 Å². The quantitative estimate of drug-likeness (QED) is 0.723. The number of rotatable bonds is 5. The Morgan fingerprint density at radius 1 is 1.32 bits per heavy atom. The molecule has 0 saturated carbocycles. The van der Waals surface area contributed by atoms with Crippen LogP contribution >= 0.6 is 0 Å². The van der Waals surface area contributed by atoms with Crippen molar-refractivity contribution in [2.75, 3.05) is 24.5 Å². The minimum atomic E-state index is -4.62. The number of aromatic nitrogens is 2. The first-order valence-corrected chi connectivity index (χ1v) is 9.95. The number of fused-ring (bicyclic) bond motifs is 1. The maximum atomic E-state index is 12.4. The molecule has 0 spiro atoms. The van der Waals surface area contributed by atoms with Crippen LogP contribution in [0.3, 0.4) is 0 Å². The lowest BCUT2D eigenvalue weighted by Gasteiger charge is -2.40. The Bertz CT molecular complexity index is 1050. The smallest absolute Gasteiger partial charge is 0.355 e. The maximum absolute atomic E-state index is 12.4. The molecule has 11 heteroatoms. The Morgan fingerprint density at radius 3 is 2.68 bits per heavy atom. The molecule has 1 saturated heterocycles. The minimum absolute atomic E-state index is 0.190. The number of nitrogens with one attached hydrogen (secondary N) is 1. The highest BCUT2D eigenvalue weighted by atomic mass is 32.2. The molecule has 2 aromatic rings. The number of nitrogens with two attached hydrogens (primary N) is 1. The van der Waals surface area contributed by atoms with E-state index in [2.05, 4.69) is 14.7 Å². The van der Waals surface area contributed by atoms with Crippen LogP contribution in [0.4, 0.5) is 19.0 Å². The molecule has 1 aliphatic rings. The molecule has 3 N–H and O–H groups in total. The van der Waals surface area contributed by atoms with Gasteiger partial charge in [-0.15, -0.1) is 0 Å². The molecule has 0 bridgehead atoms. The molecule has 3 rings (SSSR count). The molecule has 1 aromatic heterocycles. The number of halogens is 3. The highest BCUT2D eigenvalue weighted by Crippen LogP contribution is 2.31. The van der Waals surface area contributed by atoms with Crippen LogP contribution in [-0.2, 0) is 10.2 Å². The summed E-state index contributed by atoms with van der Waals surface area (Å²) in [6.07, 6.45) is -4.03. The number of alkyl halides is 3. The molecule has 0 aliphatic carbocycles. The zero-order chi connectivity index (χ0) is 20.5. The Hall–Kier alpha value is -2.42. The second-order valence-corrected chi connectivity index (χ2v) is 8.02. The van der Waals surface area contributed by atoms with E-state index in [1.54, 1.807) is 6.07 Å². The van der Waals surface area contributed by atoms with Gasteiger partial charge < -0.3 is 4.90 Å². The summed E-state index contributed by atoms with van der Waals surface area (Å²) in [5.74, 6) is 3.73. The molecule has 0 radical (unpaired) electrons. The van der Waals surface area contributed by atoms with E-state index < -0.39 is 16.4 Å². The van der Waals surface area contributed by atoms with Crippen LogP contribution in [0.15, 0.2) is 18.2 Å². The molecule has 2 heterocycles. The lowest BCUT2D eigenvalue weighted by atomic mass is 9.96. The molecule has 1 aromatic carbocycles. The van der Waals surface area contributed by atoms with Crippen LogP contribution in [0, 0.1) is 24.7 Å². The van der Waals surface area contributed by atoms with E-state index in [0.29, 0.717) is 30.8 Å². The second kappa shape index (κ2) is 7.54. The first-order chi connectivity index (χ1) is 13.0. The van der Waals surface area contributed by atoms with Gasteiger partial charge in [-0.2, -0.15) is 21.6 Å². The molecule has 7 nitrogen and oxygen atoms in total. The fourth-order valence-electron chi connectivity index (χ4n) is 2.98. The second-order valence-electron chi connectivity index (χ2n) is 6.64. The lowest BCUT2D eigenvalue weighted by Crippen LogP contribution is -2.48. The van der Waals surface area contributed by atoms with Crippen LogP contribution in [0.2, 0.25) is 0 Å². The molecular formula is C17H18F3N5O2S. The third-order valence-corrected chi connectivity index (χ3v) is 4.87. The Labute approximate surface area is 160 Å². The minimum Gasteiger partial charge on any atom is -0.355 e. The highest BCUT2D eigenvalue weighted by molar-refractivity contribution is 7.87. The molecule has 0 atom stereocenters. The third-order valence-electron chi connectivity index (χ3n) is 4.26. The first kappa shape index (κ1) is 20.3. The average molecular weight is 413 g/mol. The van der Waals surface area contributed by atoms with Crippen molar-refractivity contribution in [3.8, 4) is 11.8 Å². The zero-order valence-corrected chi connectivity index (χ0v) is 15.7. The Balaban J connectivity index is 1.81. The van der Waals surface area contributed by atoms with Gasteiger partial charge in [-0.3, -0.25) is 0 Å². The van der Waals surface area contributed by atoms with Crippen molar-refractivity contribution in [3.05, 3.63) is 29.6 Å². The molecular weight excluding hydrogens is 395 g/mol. The summed E-state index contributed by atoms with van der Waals surface area (Å²) in [4.78, 5) is 10.3. The maximum Gasteiger partial charge on any atom is 0.458 e. The molecule has 1 fully saturated rings. The van der Waals surface area contributed by atoms with Gasteiger partial charge in [-0.05, 0) is 42.9 Å².